The molecule has 0 bridgehead atoms. The maximum Gasteiger partial charge on any atom is 0.254 e. The number of benzene rings is 2. The number of aromatic nitrogens is 1. The molecule has 3 rings (SSSR count). The van der Waals surface area contributed by atoms with E-state index in [1.165, 1.54) is 23.8 Å². The lowest BCUT2D eigenvalue weighted by Crippen LogP contribution is -2.47. The Kier molecular flexibility index (Phi) is 17.3. The molecule has 2 amide bonds. The standard InChI is InChI=1S/C32H40F2N4O4.C5H10/c1-4-7-8-12-38(21-29(39)28(35)16-22-14-26(33)20-27(34)15-22)32(41)25-18-23(30-36-9-13-42-30)17-24(19-25)31(40)37(10-5-2)11-6-3;1-3-5-4-2/h4,7,9,13-15,17-20,28-29,39H,5-6,8,10-12,16,21,35H2,1-3H3;3H,1,4-5H2,2H3/b7-4-;/t28-,29+;/m0./s1. The largest absolute Gasteiger partial charge is 0.445 e. The normalized spacial score (nSPS) is 12.3. The molecular formula is C37H50F2N4O4. The quantitative estimate of drug-likeness (QED) is 0.149. The van der Waals surface area contributed by atoms with Crippen molar-refractivity contribution in [2.45, 2.75) is 78.4 Å². The molecule has 0 fully saturated rings. The first-order valence-electron chi connectivity index (χ1n) is 16.3. The van der Waals surface area contributed by atoms with Crippen molar-refractivity contribution in [3.8, 4) is 11.5 Å². The molecule has 0 aliphatic rings. The highest BCUT2D eigenvalue weighted by Crippen LogP contribution is 2.24. The van der Waals surface area contributed by atoms with E-state index in [2.05, 4.69) is 18.5 Å². The molecule has 47 heavy (non-hydrogen) atoms. The van der Waals surface area contributed by atoms with Crippen LogP contribution in [-0.4, -0.2) is 70.0 Å². The summed E-state index contributed by atoms with van der Waals surface area (Å²) >= 11 is 0. The third-order valence-corrected chi connectivity index (χ3v) is 7.26. The number of hydrogen-bond donors (Lipinski definition) is 2. The minimum atomic E-state index is -1.19. The van der Waals surface area contributed by atoms with Crippen LogP contribution in [0.4, 0.5) is 8.78 Å². The SMILES string of the molecule is C/C=C\CCN(C[C@@H](O)[C@@H](N)Cc1cc(F)cc(F)c1)C(=O)c1cc(C(=O)N(CCC)CCC)cc(-c2ncco2)c1.C=CCCC. The van der Waals surface area contributed by atoms with Crippen molar-refractivity contribution in [2.24, 2.45) is 5.73 Å². The molecule has 2 atom stereocenters. The Morgan fingerprint density at radius 1 is 0.936 bits per heavy atom. The third kappa shape index (κ3) is 12.9. The summed E-state index contributed by atoms with van der Waals surface area (Å²) in [7, 11) is 0. The van der Waals surface area contributed by atoms with Gasteiger partial charge in [0, 0.05) is 55.0 Å². The zero-order chi connectivity index (χ0) is 34.8. The van der Waals surface area contributed by atoms with Crippen molar-refractivity contribution in [1.82, 2.24) is 14.8 Å². The van der Waals surface area contributed by atoms with Crippen molar-refractivity contribution in [3.63, 3.8) is 0 Å². The average molecular weight is 653 g/mol. The Bertz CT molecular complexity index is 1400. The number of carbonyl (C=O) groups is 2. The molecule has 3 aromatic rings. The number of nitrogens with two attached hydrogens (primary N) is 1. The predicted molar refractivity (Wildman–Crippen MR) is 183 cm³/mol. The van der Waals surface area contributed by atoms with Gasteiger partial charge in [-0.05, 0) is 74.9 Å². The van der Waals surface area contributed by atoms with Crippen LogP contribution in [0.5, 0.6) is 0 Å². The minimum Gasteiger partial charge on any atom is -0.445 e. The lowest BCUT2D eigenvalue weighted by molar-refractivity contribution is 0.0578. The zero-order valence-electron chi connectivity index (χ0n) is 28.1. The predicted octanol–water partition coefficient (Wildman–Crippen LogP) is 7.19. The second kappa shape index (κ2) is 20.9. The molecule has 1 heterocycles. The summed E-state index contributed by atoms with van der Waals surface area (Å²) in [6.45, 7) is 12.9. The number of rotatable bonds is 17. The summed E-state index contributed by atoms with van der Waals surface area (Å²) in [6.07, 6.45) is 11.9. The van der Waals surface area contributed by atoms with Gasteiger partial charge in [0.15, 0.2) is 0 Å². The lowest BCUT2D eigenvalue weighted by Gasteiger charge is -2.28. The van der Waals surface area contributed by atoms with Crippen molar-refractivity contribution < 1.29 is 27.9 Å². The molecule has 0 saturated heterocycles. The van der Waals surface area contributed by atoms with Gasteiger partial charge in [0.2, 0.25) is 5.89 Å². The van der Waals surface area contributed by atoms with Crippen LogP contribution in [0, 0.1) is 11.6 Å². The fourth-order valence-electron chi connectivity index (χ4n) is 4.96. The van der Waals surface area contributed by atoms with Gasteiger partial charge >= 0.3 is 0 Å². The Morgan fingerprint density at radius 3 is 2.04 bits per heavy atom. The Balaban J connectivity index is 0.00000142. The van der Waals surface area contributed by atoms with Crippen LogP contribution in [0.3, 0.4) is 0 Å². The topological polar surface area (TPSA) is 113 Å². The molecule has 1 aromatic heterocycles. The van der Waals surface area contributed by atoms with Crippen LogP contribution in [0.25, 0.3) is 11.5 Å². The van der Waals surface area contributed by atoms with Gasteiger partial charge in [-0.3, -0.25) is 9.59 Å². The van der Waals surface area contributed by atoms with Crippen LogP contribution in [0.2, 0.25) is 0 Å². The molecule has 0 aliphatic heterocycles. The van der Waals surface area contributed by atoms with E-state index in [0.29, 0.717) is 36.2 Å². The van der Waals surface area contributed by atoms with Crippen LogP contribution in [0.1, 0.15) is 86.1 Å². The number of allylic oxidation sites excluding steroid dienone is 2. The van der Waals surface area contributed by atoms with Crippen molar-refractivity contribution in [3.05, 3.63) is 102 Å². The Morgan fingerprint density at radius 2 is 1.55 bits per heavy atom. The number of oxazole rings is 1. The number of carbonyl (C=O) groups excluding carboxylic acids is 2. The summed E-state index contributed by atoms with van der Waals surface area (Å²) in [5.41, 5.74) is 7.55. The van der Waals surface area contributed by atoms with Gasteiger partial charge in [-0.2, -0.15) is 0 Å². The van der Waals surface area contributed by atoms with E-state index in [4.69, 9.17) is 10.2 Å². The van der Waals surface area contributed by atoms with Gasteiger partial charge < -0.3 is 25.1 Å². The monoisotopic (exact) mass is 652 g/mol. The average Bonchev–Trinajstić information content (AvgIpc) is 3.59. The molecule has 0 unspecified atom stereocenters. The van der Waals surface area contributed by atoms with Crippen LogP contribution in [0.15, 0.2) is 78.1 Å². The number of hydrogen-bond acceptors (Lipinski definition) is 6. The summed E-state index contributed by atoms with van der Waals surface area (Å²) in [6, 6.07) is 7.03. The van der Waals surface area contributed by atoms with Crippen LogP contribution < -0.4 is 5.73 Å². The molecule has 0 saturated carbocycles. The molecule has 10 heteroatoms. The number of aliphatic hydroxyl groups excluding tert-OH is 1. The molecule has 3 N–H and O–H groups in total. The first kappa shape index (κ1) is 39.0. The summed E-state index contributed by atoms with van der Waals surface area (Å²) in [5, 5.41) is 11.0. The third-order valence-electron chi connectivity index (χ3n) is 7.26. The molecule has 2 aromatic carbocycles. The fraction of sp³-hybridized carbons (Fsp3) is 0.432. The maximum atomic E-state index is 13.9. The zero-order valence-corrected chi connectivity index (χ0v) is 28.1. The first-order valence-corrected chi connectivity index (χ1v) is 16.3. The van der Waals surface area contributed by atoms with Crippen LogP contribution >= 0.6 is 0 Å². The molecule has 0 radical (unpaired) electrons. The molecule has 0 spiro atoms. The number of amides is 2. The van der Waals surface area contributed by atoms with E-state index in [1.807, 2.05) is 39.0 Å². The first-order chi connectivity index (χ1) is 22.6. The van der Waals surface area contributed by atoms with Crippen molar-refractivity contribution in [2.75, 3.05) is 26.2 Å². The molecular weight excluding hydrogens is 602 g/mol. The highest BCUT2D eigenvalue weighted by Gasteiger charge is 2.26. The second-order valence-corrected chi connectivity index (χ2v) is 11.3. The fourth-order valence-corrected chi connectivity index (χ4v) is 4.96. The van der Waals surface area contributed by atoms with E-state index in [-0.39, 0.29) is 36.9 Å². The smallest absolute Gasteiger partial charge is 0.254 e. The Hall–Kier alpha value is -4.15. The van der Waals surface area contributed by atoms with E-state index >= 15 is 0 Å². The van der Waals surface area contributed by atoms with Crippen molar-refractivity contribution in [1.29, 1.82) is 0 Å². The lowest BCUT2D eigenvalue weighted by atomic mass is 10.00. The molecule has 0 aliphatic carbocycles. The summed E-state index contributed by atoms with van der Waals surface area (Å²) in [5.74, 6) is -1.82. The van der Waals surface area contributed by atoms with Gasteiger partial charge in [0.05, 0.1) is 12.3 Å². The number of unbranched alkanes of at least 4 members (excludes halogenated alkanes) is 1. The minimum absolute atomic E-state index is 0.00965. The summed E-state index contributed by atoms with van der Waals surface area (Å²) < 4.78 is 32.8. The highest BCUT2D eigenvalue weighted by molar-refractivity contribution is 6.01. The van der Waals surface area contributed by atoms with E-state index < -0.39 is 29.7 Å². The van der Waals surface area contributed by atoms with Crippen molar-refractivity contribution >= 4 is 11.8 Å². The van der Waals surface area contributed by atoms with E-state index in [1.54, 1.807) is 23.1 Å². The van der Waals surface area contributed by atoms with Crippen LogP contribution in [-0.2, 0) is 6.42 Å². The molecule has 256 valence electrons. The van der Waals surface area contributed by atoms with Gasteiger partial charge in [-0.25, -0.2) is 13.8 Å². The summed E-state index contributed by atoms with van der Waals surface area (Å²) in [4.78, 5) is 34.9. The molecule has 8 nitrogen and oxygen atoms in total. The van der Waals surface area contributed by atoms with E-state index in [9.17, 15) is 23.5 Å². The van der Waals surface area contributed by atoms with Gasteiger partial charge in [0.25, 0.3) is 11.8 Å². The highest BCUT2D eigenvalue weighted by atomic mass is 19.1. The Labute approximate surface area is 278 Å². The maximum absolute atomic E-state index is 13.9. The number of halogens is 2. The van der Waals surface area contributed by atoms with Gasteiger partial charge in [-0.15, -0.1) is 6.58 Å². The number of nitrogens with zero attached hydrogens (tertiary/aromatic N) is 3. The van der Waals surface area contributed by atoms with Gasteiger partial charge in [-0.1, -0.05) is 45.4 Å². The number of aliphatic hydroxyl groups is 1. The van der Waals surface area contributed by atoms with E-state index in [0.717, 1.165) is 37.5 Å². The van der Waals surface area contributed by atoms with Gasteiger partial charge in [0.1, 0.15) is 17.9 Å². The second-order valence-electron chi connectivity index (χ2n) is 11.3.